The molecule has 1 rings (SSSR count). The molecule has 5 nitrogen and oxygen atoms in total. The molecule has 1 aromatic heterocycles. The van der Waals surface area contributed by atoms with Crippen LogP contribution in [-0.4, -0.2) is 19.1 Å². The Labute approximate surface area is 65.1 Å². The van der Waals surface area contributed by atoms with Gasteiger partial charge in [-0.15, -0.1) is 0 Å². The van der Waals surface area contributed by atoms with Gasteiger partial charge in [0.05, 0.1) is 5.69 Å². The lowest BCUT2D eigenvalue weighted by Crippen LogP contribution is -1.96. The average molecular weight is 155 g/mol. The Bertz CT molecular complexity index is 252. The smallest absolute Gasteiger partial charge is 0.130 e. The maximum atomic E-state index is 5.69. The van der Waals surface area contributed by atoms with Crippen LogP contribution in [0.15, 0.2) is 0 Å². The summed E-state index contributed by atoms with van der Waals surface area (Å²) < 4.78 is 0. The van der Waals surface area contributed by atoms with E-state index >= 15 is 0 Å². The van der Waals surface area contributed by atoms with Crippen molar-refractivity contribution in [1.29, 1.82) is 0 Å². The monoisotopic (exact) mass is 155 g/mol. The summed E-state index contributed by atoms with van der Waals surface area (Å²) in [5.74, 6) is 1.29. The van der Waals surface area contributed by atoms with Gasteiger partial charge in [-0.05, 0) is 0 Å². The first kappa shape index (κ1) is 7.59. The zero-order chi connectivity index (χ0) is 8.43. The number of nitrogen functional groups attached to an aromatic ring is 2. The van der Waals surface area contributed by atoms with Crippen molar-refractivity contribution in [2.75, 3.05) is 36.2 Å². The molecule has 0 aliphatic heterocycles. The highest BCUT2D eigenvalue weighted by Crippen LogP contribution is 2.32. The van der Waals surface area contributed by atoms with Gasteiger partial charge in [0.1, 0.15) is 17.3 Å². The van der Waals surface area contributed by atoms with E-state index in [1.165, 1.54) is 0 Å². The Kier molecular flexibility index (Phi) is 1.80. The Morgan fingerprint density at radius 3 is 2.09 bits per heavy atom. The summed E-state index contributed by atoms with van der Waals surface area (Å²) >= 11 is 0. The molecule has 0 radical (unpaired) electrons. The summed E-state index contributed by atoms with van der Waals surface area (Å²) in [5.41, 5.74) is 12.6. The average Bonchev–Trinajstić information content (AvgIpc) is 2.26. The van der Waals surface area contributed by atoms with Crippen molar-refractivity contribution in [2.24, 2.45) is 0 Å². The Balaban J connectivity index is 3.14. The standard InChI is InChI=1S/C6H13N5/c1-9-4-3(7)6(10-2)11-5(4)8/h9-11H,7-8H2,1-2H3. The number of nitrogens with two attached hydrogens (primary N) is 2. The first-order valence-electron chi connectivity index (χ1n) is 3.33. The molecule has 1 aromatic rings. The number of anilines is 4. The van der Waals surface area contributed by atoms with Crippen LogP contribution in [0, 0.1) is 0 Å². The van der Waals surface area contributed by atoms with E-state index in [0.29, 0.717) is 11.5 Å². The normalized spacial score (nSPS) is 9.64. The zero-order valence-electron chi connectivity index (χ0n) is 6.65. The van der Waals surface area contributed by atoms with Crippen molar-refractivity contribution < 1.29 is 0 Å². The van der Waals surface area contributed by atoms with Gasteiger partial charge < -0.3 is 27.1 Å². The fraction of sp³-hybridized carbons (Fsp3) is 0.333. The molecule has 62 valence electrons. The number of rotatable bonds is 2. The fourth-order valence-corrected chi connectivity index (χ4v) is 1.00. The van der Waals surface area contributed by atoms with E-state index in [1.807, 2.05) is 0 Å². The summed E-state index contributed by atoms with van der Waals surface area (Å²) in [5, 5.41) is 5.79. The van der Waals surface area contributed by atoms with Gasteiger partial charge in [0, 0.05) is 14.1 Å². The van der Waals surface area contributed by atoms with Gasteiger partial charge in [-0.3, -0.25) is 0 Å². The zero-order valence-corrected chi connectivity index (χ0v) is 6.65. The lowest BCUT2D eigenvalue weighted by Gasteiger charge is -1.99. The number of aromatic nitrogens is 1. The summed E-state index contributed by atoms with van der Waals surface area (Å²) in [4.78, 5) is 2.89. The van der Waals surface area contributed by atoms with Crippen molar-refractivity contribution >= 4 is 23.0 Å². The minimum atomic E-state index is 0.550. The quantitative estimate of drug-likeness (QED) is 0.423. The van der Waals surface area contributed by atoms with Gasteiger partial charge in [-0.25, -0.2) is 0 Å². The number of nitrogens with one attached hydrogen (secondary N) is 3. The van der Waals surface area contributed by atoms with Gasteiger partial charge in [-0.2, -0.15) is 0 Å². The van der Waals surface area contributed by atoms with Gasteiger partial charge in [0.2, 0.25) is 0 Å². The summed E-state index contributed by atoms with van der Waals surface area (Å²) in [6.07, 6.45) is 0. The van der Waals surface area contributed by atoms with E-state index in [0.717, 1.165) is 11.5 Å². The van der Waals surface area contributed by atoms with E-state index in [1.54, 1.807) is 14.1 Å². The second-order valence-corrected chi connectivity index (χ2v) is 2.20. The van der Waals surface area contributed by atoms with Gasteiger partial charge in [0.25, 0.3) is 0 Å². The van der Waals surface area contributed by atoms with Crippen LogP contribution in [-0.2, 0) is 0 Å². The number of aromatic amines is 1. The third kappa shape index (κ3) is 1.04. The number of hydrogen-bond acceptors (Lipinski definition) is 4. The molecular formula is C6H13N5. The van der Waals surface area contributed by atoms with Crippen LogP contribution in [0.1, 0.15) is 0 Å². The molecule has 0 fully saturated rings. The molecule has 0 saturated heterocycles. The van der Waals surface area contributed by atoms with Crippen molar-refractivity contribution in [3.8, 4) is 0 Å². The van der Waals surface area contributed by atoms with Crippen LogP contribution >= 0.6 is 0 Å². The Morgan fingerprint density at radius 2 is 1.82 bits per heavy atom. The SMILES string of the molecule is CNc1[nH]c(N)c(NC)c1N. The first-order valence-corrected chi connectivity index (χ1v) is 3.33. The molecule has 0 unspecified atom stereocenters. The van der Waals surface area contributed by atoms with E-state index in [2.05, 4.69) is 15.6 Å². The van der Waals surface area contributed by atoms with E-state index < -0.39 is 0 Å². The molecule has 0 bridgehead atoms. The molecule has 0 saturated carbocycles. The second kappa shape index (κ2) is 2.61. The van der Waals surface area contributed by atoms with E-state index in [9.17, 15) is 0 Å². The molecule has 0 atom stereocenters. The Hall–Kier alpha value is -1.52. The van der Waals surface area contributed by atoms with Crippen LogP contribution in [0.2, 0.25) is 0 Å². The fourth-order valence-electron chi connectivity index (χ4n) is 1.00. The van der Waals surface area contributed by atoms with Gasteiger partial charge in [0.15, 0.2) is 0 Å². The number of H-pyrrole nitrogens is 1. The predicted molar refractivity (Wildman–Crippen MR) is 48.7 cm³/mol. The van der Waals surface area contributed by atoms with Crippen LogP contribution in [0.3, 0.4) is 0 Å². The van der Waals surface area contributed by atoms with Crippen molar-refractivity contribution in [2.45, 2.75) is 0 Å². The van der Waals surface area contributed by atoms with Crippen LogP contribution in [0.25, 0.3) is 0 Å². The molecular weight excluding hydrogens is 142 g/mol. The highest BCUT2D eigenvalue weighted by Gasteiger charge is 2.09. The van der Waals surface area contributed by atoms with Crippen LogP contribution in [0.4, 0.5) is 23.0 Å². The highest BCUT2D eigenvalue weighted by atomic mass is 15.1. The van der Waals surface area contributed by atoms with Gasteiger partial charge >= 0.3 is 0 Å². The number of hydrogen-bond donors (Lipinski definition) is 5. The maximum absolute atomic E-state index is 5.69. The Morgan fingerprint density at radius 1 is 1.18 bits per heavy atom. The van der Waals surface area contributed by atoms with Crippen LogP contribution in [0.5, 0.6) is 0 Å². The summed E-state index contributed by atoms with van der Waals surface area (Å²) in [6.45, 7) is 0. The molecule has 11 heavy (non-hydrogen) atoms. The molecule has 0 spiro atoms. The minimum Gasteiger partial charge on any atom is -0.394 e. The molecule has 0 aliphatic rings. The van der Waals surface area contributed by atoms with E-state index in [-0.39, 0.29) is 0 Å². The van der Waals surface area contributed by atoms with Crippen molar-refractivity contribution in [3.05, 3.63) is 0 Å². The van der Waals surface area contributed by atoms with Crippen molar-refractivity contribution in [1.82, 2.24) is 4.98 Å². The molecule has 1 heterocycles. The maximum Gasteiger partial charge on any atom is 0.130 e. The first-order chi connectivity index (χ1) is 5.20. The van der Waals surface area contributed by atoms with E-state index in [4.69, 9.17) is 11.5 Å². The summed E-state index contributed by atoms with van der Waals surface area (Å²) in [6, 6.07) is 0. The largest absolute Gasteiger partial charge is 0.394 e. The second-order valence-electron chi connectivity index (χ2n) is 2.20. The molecule has 7 N–H and O–H groups in total. The van der Waals surface area contributed by atoms with Crippen molar-refractivity contribution in [3.63, 3.8) is 0 Å². The predicted octanol–water partition coefficient (Wildman–Crippen LogP) is 0.262. The molecule has 0 amide bonds. The van der Waals surface area contributed by atoms with Gasteiger partial charge in [-0.1, -0.05) is 0 Å². The third-order valence-electron chi connectivity index (χ3n) is 1.57. The lowest BCUT2D eigenvalue weighted by atomic mass is 10.4. The molecule has 0 aliphatic carbocycles. The third-order valence-corrected chi connectivity index (χ3v) is 1.57. The van der Waals surface area contributed by atoms with Crippen LogP contribution < -0.4 is 22.1 Å². The molecule has 5 heteroatoms. The minimum absolute atomic E-state index is 0.550. The molecule has 0 aromatic carbocycles. The summed E-state index contributed by atoms with van der Waals surface area (Å²) in [7, 11) is 3.55. The lowest BCUT2D eigenvalue weighted by molar-refractivity contribution is 1.35. The highest BCUT2D eigenvalue weighted by molar-refractivity contribution is 5.87. The topological polar surface area (TPSA) is 91.9 Å².